The van der Waals surface area contributed by atoms with Crippen molar-refractivity contribution in [2.45, 2.75) is 63.6 Å². The molecule has 3 unspecified atom stereocenters. The first-order valence-corrected chi connectivity index (χ1v) is 9.05. The van der Waals surface area contributed by atoms with Crippen molar-refractivity contribution in [1.29, 1.82) is 0 Å². The van der Waals surface area contributed by atoms with Crippen molar-refractivity contribution in [3.63, 3.8) is 0 Å². The topological polar surface area (TPSA) is 32.3 Å². The van der Waals surface area contributed by atoms with E-state index in [1.807, 2.05) is 0 Å². The first-order valence-electron chi connectivity index (χ1n) is 9.05. The van der Waals surface area contributed by atoms with Gasteiger partial charge in [0.15, 0.2) is 0 Å². The van der Waals surface area contributed by atoms with Crippen LogP contribution in [0.4, 0.5) is 13.2 Å². The SMILES string of the molecule is Cl.O=C(C1CCCCC1C(F)(F)F)N1CCC(C2CCCN2)CC1. The predicted molar refractivity (Wildman–Crippen MR) is 89.1 cm³/mol. The van der Waals surface area contributed by atoms with E-state index in [9.17, 15) is 18.0 Å². The molecular formula is C17H28ClF3N2O. The highest BCUT2D eigenvalue weighted by molar-refractivity contribution is 5.85. The molecule has 0 aromatic rings. The fourth-order valence-corrected chi connectivity index (χ4v) is 4.69. The summed E-state index contributed by atoms with van der Waals surface area (Å²) in [6.45, 7) is 2.32. The molecule has 140 valence electrons. The summed E-state index contributed by atoms with van der Waals surface area (Å²) < 4.78 is 39.6. The van der Waals surface area contributed by atoms with Crippen molar-refractivity contribution in [3.05, 3.63) is 0 Å². The van der Waals surface area contributed by atoms with Gasteiger partial charge in [-0.1, -0.05) is 12.8 Å². The zero-order valence-electron chi connectivity index (χ0n) is 14.0. The van der Waals surface area contributed by atoms with Crippen molar-refractivity contribution < 1.29 is 18.0 Å². The lowest BCUT2D eigenvalue weighted by molar-refractivity contribution is -0.201. The van der Waals surface area contributed by atoms with Gasteiger partial charge in [0, 0.05) is 25.0 Å². The highest BCUT2D eigenvalue weighted by Gasteiger charge is 2.49. The van der Waals surface area contributed by atoms with Crippen LogP contribution in [0.2, 0.25) is 0 Å². The molecule has 3 nitrogen and oxygen atoms in total. The minimum atomic E-state index is -4.24. The van der Waals surface area contributed by atoms with Gasteiger partial charge in [-0.3, -0.25) is 4.79 Å². The second-order valence-corrected chi connectivity index (χ2v) is 7.40. The van der Waals surface area contributed by atoms with Crippen LogP contribution < -0.4 is 5.32 Å². The van der Waals surface area contributed by atoms with Gasteiger partial charge < -0.3 is 10.2 Å². The zero-order chi connectivity index (χ0) is 16.4. The number of rotatable bonds is 2. The van der Waals surface area contributed by atoms with Crippen LogP contribution in [0.1, 0.15) is 51.4 Å². The minimum absolute atomic E-state index is 0. The Bertz CT molecular complexity index is 419. The van der Waals surface area contributed by atoms with E-state index in [2.05, 4.69) is 5.32 Å². The number of nitrogens with one attached hydrogen (secondary N) is 1. The van der Waals surface area contributed by atoms with E-state index in [1.165, 1.54) is 12.8 Å². The molecule has 1 N–H and O–H groups in total. The summed E-state index contributed by atoms with van der Waals surface area (Å²) in [6.07, 6.45) is 1.84. The molecule has 3 atom stereocenters. The predicted octanol–water partition coefficient (Wildman–Crippen LogP) is 3.77. The van der Waals surface area contributed by atoms with E-state index in [1.54, 1.807) is 4.90 Å². The van der Waals surface area contributed by atoms with Crippen molar-refractivity contribution in [1.82, 2.24) is 10.2 Å². The number of halogens is 4. The molecule has 2 aliphatic heterocycles. The van der Waals surface area contributed by atoms with Gasteiger partial charge >= 0.3 is 6.18 Å². The number of carbonyl (C=O) groups is 1. The standard InChI is InChI=1S/C17H27F3N2O.ClH/c18-17(19,20)14-5-2-1-4-13(14)16(23)22-10-7-12(8-11-22)15-6-3-9-21-15;/h12-15,21H,1-11H2;1H. The Morgan fingerprint density at radius 1 is 0.958 bits per heavy atom. The van der Waals surface area contributed by atoms with Gasteiger partial charge in [-0.05, 0) is 51.0 Å². The molecule has 7 heteroatoms. The van der Waals surface area contributed by atoms with Crippen molar-refractivity contribution in [2.75, 3.05) is 19.6 Å². The van der Waals surface area contributed by atoms with Gasteiger partial charge in [-0.25, -0.2) is 0 Å². The van der Waals surface area contributed by atoms with Crippen LogP contribution in [0.5, 0.6) is 0 Å². The summed E-state index contributed by atoms with van der Waals surface area (Å²) in [7, 11) is 0. The number of alkyl halides is 3. The summed E-state index contributed by atoms with van der Waals surface area (Å²) in [5.41, 5.74) is 0. The van der Waals surface area contributed by atoms with Gasteiger partial charge in [-0.2, -0.15) is 13.2 Å². The summed E-state index contributed by atoms with van der Waals surface area (Å²) in [5.74, 6) is -1.95. The largest absolute Gasteiger partial charge is 0.392 e. The van der Waals surface area contributed by atoms with Crippen LogP contribution >= 0.6 is 12.4 Å². The second-order valence-electron chi connectivity index (χ2n) is 7.40. The number of hydrogen-bond donors (Lipinski definition) is 1. The lowest BCUT2D eigenvalue weighted by atomic mass is 9.77. The van der Waals surface area contributed by atoms with Crippen LogP contribution in [0.15, 0.2) is 0 Å². The molecule has 3 fully saturated rings. The Kier molecular flexibility index (Phi) is 6.82. The van der Waals surface area contributed by atoms with Crippen LogP contribution in [-0.2, 0) is 4.79 Å². The highest BCUT2D eigenvalue weighted by atomic mass is 35.5. The Morgan fingerprint density at radius 2 is 1.62 bits per heavy atom. The number of carbonyl (C=O) groups excluding carboxylic acids is 1. The molecule has 0 bridgehead atoms. The Balaban J connectivity index is 0.00000208. The van der Waals surface area contributed by atoms with E-state index >= 15 is 0 Å². The Morgan fingerprint density at radius 3 is 2.21 bits per heavy atom. The molecule has 0 spiro atoms. The number of hydrogen-bond acceptors (Lipinski definition) is 2. The summed E-state index contributed by atoms with van der Waals surface area (Å²) in [5, 5.41) is 3.51. The summed E-state index contributed by atoms with van der Waals surface area (Å²) >= 11 is 0. The lowest BCUT2D eigenvalue weighted by Crippen LogP contribution is -2.48. The van der Waals surface area contributed by atoms with Gasteiger partial charge in [0.05, 0.1) is 5.92 Å². The molecule has 3 rings (SSSR count). The smallest absolute Gasteiger partial charge is 0.342 e. The average molecular weight is 369 g/mol. The van der Waals surface area contributed by atoms with E-state index in [0.29, 0.717) is 37.9 Å². The van der Waals surface area contributed by atoms with Crippen LogP contribution in [0.3, 0.4) is 0 Å². The van der Waals surface area contributed by atoms with Crippen LogP contribution in [-0.4, -0.2) is 42.7 Å². The van der Waals surface area contributed by atoms with Gasteiger partial charge in [0.1, 0.15) is 0 Å². The summed E-state index contributed by atoms with van der Waals surface area (Å²) in [4.78, 5) is 14.4. The zero-order valence-corrected chi connectivity index (χ0v) is 14.8. The fraction of sp³-hybridized carbons (Fsp3) is 0.941. The third-order valence-corrected chi connectivity index (χ3v) is 6.02. The second kappa shape index (κ2) is 8.26. The van der Waals surface area contributed by atoms with E-state index < -0.39 is 18.0 Å². The average Bonchev–Trinajstić information content (AvgIpc) is 3.08. The molecule has 0 aromatic heterocycles. The third-order valence-electron chi connectivity index (χ3n) is 6.02. The first kappa shape index (κ1) is 19.8. The molecule has 1 amide bonds. The van der Waals surface area contributed by atoms with Crippen molar-refractivity contribution in [2.24, 2.45) is 17.8 Å². The molecule has 1 saturated carbocycles. The molecule has 3 aliphatic rings. The fourth-order valence-electron chi connectivity index (χ4n) is 4.69. The van der Waals surface area contributed by atoms with E-state index in [-0.39, 0.29) is 24.7 Å². The molecule has 2 heterocycles. The van der Waals surface area contributed by atoms with E-state index in [0.717, 1.165) is 25.8 Å². The Labute approximate surface area is 148 Å². The number of amides is 1. The van der Waals surface area contributed by atoms with Gasteiger partial charge in [-0.15, -0.1) is 12.4 Å². The third kappa shape index (κ3) is 4.37. The van der Waals surface area contributed by atoms with Gasteiger partial charge in [0.2, 0.25) is 5.91 Å². The van der Waals surface area contributed by atoms with Gasteiger partial charge in [0.25, 0.3) is 0 Å². The normalized spacial score (nSPS) is 32.5. The molecule has 1 aliphatic carbocycles. The molecule has 0 aromatic carbocycles. The van der Waals surface area contributed by atoms with Crippen molar-refractivity contribution in [3.8, 4) is 0 Å². The molecular weight excluding hydrogens is 341 g/mol. The monoisotopic (exact) mass is 368 g/mol. The summed E-state index contributed by atoms with van der Waals surface area (Å²) in [6, 6.07) is 0.546. The lowest BCUT2D eigenvalue weighted by Gasteiger charge is -2.39. The quantitative estimate of drug-likeness (QED) is 0.804. The van der Waals surface area contributed by atoms with E-state index in [4.69, 9.17) is 0 Å². The minimum Gasteiger partial charge on any atom is -0.342 e. The molecule has 24 heavy (non-hydrogen) atoms. The van der Waals surface area contributed by atoms with Crippen LogP contribution in [0, 0.1) is 17.8 Å². The first-order chi connectivity index (χ1) is 11.0. The highest BCUT2D eigenvalue weighted by Crippen LogP contribution is 2.42. The number of likely N-dealkylation sites (tertiary alicyclic amines) is 1. The Hall–Kier alpha value is -0.490. The number of nitrogens with zero attached hydrogens (tertiary/aromatic N) is 1. The molecule has 2 saturated heterocycles. The number of piperidine rings is 1. The van der Waals surface area contributed by atoms with Crippen LogP contribution in [0.25, 0.3) is 0 Å². The maximum absolute atomic E-state index is 13.2. The van der Waals surface area contributed by atoms with Crippen molar-refractivity contribution >= 4 is 18.3 Å². The molecule has 0 radical (unpaired) electrons. The maximum Gasteiger partial charge on any atom is 0.392 e. The maximum atomic E-state index is 13.2.